The van der Waals surface area contributed by atoms with Crippen LogP contribution in [0.5, 0.6) is 5.88 Å². The zero-order chi connectivity index (χ0) is 28.2. The van der Waals surface area contributed by atoms with E-state index in [1.165, 1.54) is 6.26 Å². The second kappa shape index (κ2) is 12.2. The molecule has 3 N–H and O–H groups in total. The molecule has 1 amide bonds. The molecule has 1 saturated carbocycles. The molecule has 5 heterocycles. The molecule has 0 bridgehead atoms. The number of nitrogens with one attached hydrogen (secondary N) is 2. The molecule has 4 aromatic rings. The summed E-state index contributed by atoms with van der Waals surface area (Å²) in [7, 11) is 0. The summed E-state index contributed by atoms with van der Waals surface area (Å²) in [5, 5.41) is 14.9. The number of morpholine rings is 1. The zero-order valence-corrected chi connectivity index (χ0v) is 22.8. The number of fused-ring (bicyclic) bond motifs is 1. The summed E-state index contributed by atoms with van der Waals surface area (Å²) in [6.07, 6.45) is 6.69. The van der Waals surface area contributed by atoms with Gasteiger partial charge in [-0.15, -0.1) is 0 Å². The molecule has 0 spiro atoms. The third-order valence-electron chi connectivity index (χ3n) is 7.35. The van der Waals surface area contributed by atoms with Crippen LogP contribution in [0.3, 0.4) is 0 Å². The van der Waals surface area contributed by atoms with Crippen LogP contribution in [0.25, 0.3) is 22.7 Å². The molecule has 216 valence electrons. The molecule has 13 nitrogen and oxygen atoms in total. The second-order valence-corrected chi connectivity index (χ2v) is 10.2. The molecule has 1 saturated heterocycles. The Labute approximate surface area is 236 Å². The number of amides is 1. The van der Waals surface area contributed by atoms with E-state index in [0.29, 0.717) is 28.9 Å². The van der Waals surface area contributed by atoms with Gasteiger partial charge in [-0.05, 0) is 44.7 Å². The Hall–Kier alpha value is -4.07. The monoisotopic (exact) mass is 563 g/mol. The third-order valence-corrected chi connectivity index (χ3v) is 7.35. The van der Waals surface area contributed by atoms with E-state index in [-0.39, 0.29) is 36.8 Å². The van der Waals surface area contributed by atoms with Gasteiger partial charge < -0.3 is 34.0 Å². The highest BCUT2D eigenvalue weighted by molar-refractivity contribution is 6.04. The molecule has 41 heavy (non-hydrogen) atoms. The van der Waals surface area contributed by atoms with E-state index in [4.69, 9.17) is 23.4 Å². The van der Waals surface area contributed by atoms with Gasteiger partial charge in [0, 0.05) is 49.2 Å². The minimum atomic E-state index is -0.481. The Morgan fingerprint density at radius 3 is 2.76 bits per heavy atom. The lowest BCUT2D eigenvalue weighted by molar-refractivity contribution is -0.00130. The molecule has 2 fully saturated rings. The normalized spacial score (nSPS) is 19.8. The fourth-order valence-corrected chi connectivity index (χ4v) is 5.27. The van der Waals surface area contributed by atoms with Gasteiger partial charge in [0.2, 0.25) is 17.4 Å². The second-order valence-electron chi connectivity index (χ2n) is 10.2. The van der Waals surface area contributed by atoms with Gasteiger partial charge in [0.05, 0.1) is 19.8 Å². The maximum Gasteiger partial charge on any atom is 0.297 e. The van der Waals surface area contributed by atoms with Crippen LogP contribution in [0.2, 0.25) is 0 Å². The van der Waals surface area contributed by atoms with E-state index >= 15 is 0 Å². The fourth-order valence-electron chi connectivity index (χ4n) is 5.27. The lowest BCUT2D eigenvalue weighted by Crippen LogP contribution is -2.46. The van der Waals surface area contributed by atoms with Gasteiger partial charge in [-0.1, -0.05) is 0 Å². The zero-order valence-electron chi connectivity index (χ0n) is 22.8. The van der Waals surface area contributed by atoms with Crippen LogP contribution in [-0.4, -0.2) is 87.5 Å². The first-order valence-electron chi connectivity index (χ1n) is 13.9. The summed E-state index contributed by atoms with van der Waals surface area (Å²) in [6, 6.07) is 5.98. The van der Waals surface area contributed by atoms with Crippen LogP contribution in [0.1, 0.15) is 41.9 Å². The number of carbonyl (C=O) groups excluding carboxylic acids is 1. The summed E-state index contributed by atoms with van der Waals surface area (Å²) >= 11 is 0. The van der Waals surface area contributed by atoms with E-state index in [1.807, 2.05) is 13.0 Å². The number of rotatable bonds is 9. The van der Waals surface area contributed by atoms with Crippen LogP contribution in [0.15, 0.2) is 39.5 Å². The largest absolute Gasteiger partial charge is 0.473 e. The Kier molecular flexibility index (Phi) is 8.07. The quantitative estimate of drug-likeness (QED) is 0.273. The molecular formula is C28H33N7O6. The maximum absolute atomic E-state index is 13.2. The molecular weight excluding hydrogens is 530 g/mol. The van der Waals surface area contributed by atoms with E-state index in [9.17, 15) is 4.79 Å². The van der Waals surface area contributed by atoms with Crippen molar-refractivity contribution >= 4 is 28.8 Å². The van der Waals surface area contributed by atoms with Crippen molar-refractivity contribution in [1.29, 1.82) is 0 Å². The molecule has 2 aliphatic rings. The summed E-state index contributed by atoms with van der Waals surface area (Å²) in [6.45, 7) is 5.57. The summed E-state index contributed by atoms with van der Waals surface area (Å²) < 4.78 is 23.2. The molecule has 13 heteroatoms. The van der Waals surface area contributed by atoms with E-state index in [1.54, 1.807) is 18.3 Å². The van der Waals surface area contributed by atoms with Gasteiger partial charge in [0.1, 0.15) is 18.1 Å². The number of aryl methyl sites for hydroxylation is 1. The Bertz CT molecular complexity index is 1490. The molecule has 0 aromatic carbocycles. The number of ether oxygens (including phenoxy) is 2. The van der Waals surface area contributed by atoms with Crippen LogP contribution >= 0.6 is 0 Å². The first kappa shape index (κ1) is 27.1. The van der Waals surface area contributed by atoms with Crippen LogP contribution in [-0.2, 0) is 4.74 Å². The third kappa shape index (κ3) is 6.32. The molecule has 1 aliphatic carbocycles. The molecule has 1 aliphatic heterocycles. The summed E-state index contributed by atoms with van der Waals surface area (Å²) in [5.41, 5.74) is 2.67. The number of aromatic nitrogens is 4. The van der Waals surface area contributed by atoms with Crippen molar-refractivity contribution < 1.29 is 28.2 Å². The average molecular weight is 564 g/mol. The van der Waals surface area contributed by atoms with E-state index in [2.05, 4.69) is 35.5 Å². The van der Waals surface area contributed by atoms with Crippen molar-refractivity contribution in [2.24, 2.45) is 0 Å². The number of aliphatic hydroxyl groups excluding tert-OH is 1. The van der Waals surface area contributed by atoms with Crippen LogP contribution in [0, 0.1) is 6.92 Å². The van der Waals surface area contributed by atoms with Crippen molar-refractivity contribution in [3.05, 3.63) is 42.0 Å². The summed E-state index contributed by atoms with van der Waals surface area (Å²) in [5.74, 6) is 0.0969. The molecule has 0 atom stereocenters. The number of aliphatic hydroxyl groups is 1. The van der Waals surface area contributed by atoms with Crippen molar-refractivity contribution in [1.82, 2.24) is 24.8 Å². The van der Waals surface area contributed by atoms with Gasteiger partial charge in [-0.3, -0.25) is 14.7 Å². The van der Waals surface area contributed by atoms with Gasteiger partial charge in [0.15, 0.2) is 11.3 Å². The summed E-state index contributed by atoms with van der Waals surface area (Å²) in [4.78, 5) is 33.2. The first-order valence-corrected chi connectivity index (χ1v) is 13.9. The highest BCUT2D eigenvalue weighted by Gasteiger charge is 2.29. The lowest BCUT2D eigenvalue weighted by Gasteiger charge is -2.38. The highest BCUT2D eigenvalue weighted by atomic mass is 16.5. The SMILES string of the molecule is Cc1cc(-c2nc(C(=O)Nc3cc4oc(NCCO)nc4nc3OC3CCC(N4CCOCC4)CC3)co2)ccn1. The Morgan fingerprint density at radius 1 is 1.15 bits per heavy atom. The van der Waals surface area contributed by atoms with Crippen LogP contribution in [0.4, 0.5) is 11.7 Å². The highest BCUT2D eigenvalue weighted by Crippen LogP contribution is 2.33. The van der Waals surface area contributed by atoms with Crippen molar-refractivity contribution in [2.75, 3.05) is 50.1 Å². The molecule has 6 rings (SSSR count). The average Bonchev–Trinajstić information content (AvgIpc) is 3.64. The van der Waals surface area contributed by atoms with Gasteiger partial charge in [0.25, 0.3) is 11.9 Å². The van der Waals surface area contributed by atoms with Gasteiger partial charge in [-0.25, -0.2) is 4.98 Å². The molecule has 0 unspecified atom stereocenters. The number of carbonyl (C=O) groups is 1. The number of anilines is 2. The topological polar surface area (TPSA) is 161 Å². The molecule has 0 radical (unpaired) electrons. The first-order chi connectivity index (χ1) is 20.1. The minimum Gasteiger partial charge on any atom is -0.473 e. The van der Waals surface area contributed by atoms with Crippen molar-refractivity contribution in [2.45, 2.75) is 44.8 Å². The van der Waals surface area contributed by atoms with E-state index in [0.717, 1.165) is 63.2 Å². The van der Waals surface area contributed by atoms with Gasteiger partial charge >= 0.3 is 0 Å². The maximum atomic E-state index is 13.2. The number of pyridine rings is 2. The minimum absolute atomic E-state index is 0.0552. The Morgan fingerprint density at radius 2 is 1.98 bits per heavy atom. The number of oxazole rings is 2. The van der Waals surface area contributed by atoms with Crippen molar-refractivity contribution in [3.8, 4) is 17.3 Å². The smallest absolute Gasteiger partial charge is 0.297 e. The number of nitrogens with zero attached hydrogens (tertiary/aromatic N) is 5. The number of hydrogen-bond donors (Lipinski definition) is 3. The van der Waals surface area contributed by atoms with Crippen molar-refractivity contribution in [3.63, 3.8) is 0 Å². The lowest BCUT2D eigenvalue weighted by atomic mass is 9.91. The number of hydrogen-bond acceptors (Lipinski definition) is 12. The molecule has 4 aromatic heterocycles. The Balaban J connectivity index is 1.21. The van der Waals surface area contributed by atoms with E-state index < -0.39 is 5.91 Å². The van der Waals surface area contributed by atoms with Gasteiger partial charge in [-0.2, -0.15) is 9.97 Å². The predicted octanol–water partition coefficient (Wildman–Crippen LogP) is 3.26. The predicted molar refractivity (Wildman–Crippen MR) is 149 cm³/mol. The van der Waals surface area contributed by atoms with Crippen LogP contribution < -0.4 is 15.4 Å². The fraction of sp³-hybridized carbons (Fsp3) is 0.464. The standard InChI is InChI=1S/C28H33N7O6/c1-17-14-18(6-7-29-17)26-32-22(16-39-26)25(37)31-21-15-23-24(34-28(41-23)30-8-11-36)33-27(21)40-20-4-2-19(3-5-20)35-9-12-38-13-10-35/h6-7,14-16,19-20,36H,2-5,8-13H2,1H3,(H,31,37)(H,30,33,34).